The first-order valence-electron chi connectivity index (χ1n) is 4.43. The van der Waals surface area contributed by atoms with E-state index in [2.05, 4.69) is 26.1 Å². The third-order valence-corrected chi connectivity index (χ3v) is 2.04. The maximum atomic E-state index is 9.26. The van der Waals surface area contributed by atoms with Crippen LogP contribution in [0.4, 0.5) is 0 Å². The lowest BCUT2D eigenvalue weighted by atomic mass is 10.1. The maximum Gasteiger partial charge on any atom is 0.0555 e. The highest BCUT2D eigenvalue weighted by Crippen LogP contribution is 2.20. The SMILES string of the molecule is CC(C)(C)N[C@@H]1CC[C@@H](O)C1. The minimum Gasteiger partial charge on any atom is -0.393 e. The first kappa shape index (κ1) is 9.01. The predicted molar refractivity (Wildman–Crippen MR) is 46.5 cm³/mol. The fraction of sp³-hybridized carbons (Fsp3) is 1.00. The Balaban J connectivity index is 2.29. The van der Waals surface area contributed by atoms with E-state index >= 15 is 0 Å². The predicted octanol–water partition coefficient (Wildman–Crippen LogP) is 1.29. The molecule has 0 radical (unpaired) electrons. The standard InChI is InChI=1S/C9H19NO/c1-9(2,3)10-7-4-5-8(11)6-7/h7-8,10-11H,4-6H2,1-3H3/t7-,8-/m1/s1. The molecule has 0 aromatic rings. The highest BCUT2D eigenvalue weighted by Gasteiger charge is 2.25. The van der Waals surface area contributed by atoms with Gasteiger partial charge in [0, 0.05) is 11.6 Å². The Hall–Kier alpha value is -0.0800. The van der Waals surface area contributed by atoms with Gasteiger partial charge in [-0.05, 0) is 40.0 Å². The maximum absolute atomic E-state index is 9.26. The zero-order valence-electron chi connectivity index (χ0n) is 7.72. The second kappa shape index (κ2) is 3.11. The molecule has 11 heavy (non-hydrogen) atoms. The van der Waals surface area contributed by atoms with Gasteiger partial charge in [0.05, 0.1) is 6.10 Å². The molecule has 0 aliphatic heterocycles. The summed E-state index contributed by atoms with van der Waals surface area (Å²) in [6, 6.07) is 0.532. The monoisotopic (exact) mass is 157 g/mol. The molecule has 1 aliphatic carbocycles. The topological polar surface area (TPSA) is 32.3 Å². The summed E-state index contributed by atoms with van der Waals surface area (Å²) in [5, 5.41) is 12.7. The van der Waals surface area contributed by atoms with Crippen LogP contribution in [0.25, 0.3) is 0 Å². The molecule has 2 atom stereocenters. The van der Waals surface area contributed by atoms with E-state index in [1.807, 2.05) is 0 Å². The van der Waals surface area contributed by atoms with Gasteiger partial charge in [-0.3, -0.25) is 0 Å². The fourth-order valence-electron chi connectivity index (χ4n) is 1.70. The van der Waals surface area contributed by atoms with Crippen molar-refractivity contribution in [3.63, 3.8) is 0 Å². The summed E-state index contributed by atoms with van der Waals surface area (Å²) in [7, 11) is 0. The zero-order valence-corrected chi connectivity index (χ0v) is 7.72. The Morgan fingerprint density at radius 1 is 1.27 bits per heavy atom. The first-order chi connectivity index (χ1) is 4.97. The first-order valence-corrected chi connectivity index (χ1v) is 4.43. The molecule has 1 rings (SSSR count). The second-order valence-electron chi connectivity index (χ2n) is 4.56. The van der Waals surface area contributed by atoms with Crippen molar-refractivity contribution < 1.29 is 5.11 Å². The normalized spacial score (nSPS) is 32.7. The van der Waals surface area contributed by atoms with Crippen molar-refractivity contribution >= 4 is 0 Å². The summed E-state index contributed by atoms with van der Waals surface area (Å²) in [6.07, 6.45) is 2.96. The van der Waals surface area contributed by atoms with Crippen molar-refractivity contribution in [2.45, 2.75) is 57.7 Å². The molecule has 0 aromatic heterocycles. The Labute approximate surface area is 69.0 Å². The minimum absolute atomic E-state index is 0.0603. The Morgan fingerprint density at radius 3 is 2.27 bits per heavy atom. The smallest absolute Gasteiger partial charge is 0.0555 e. The molecule has 2 heteroatoms. The van der Waals surface area contributed by atoms with Crippen LogP contribution in [0.2, 0.25) is 0 Å². The molecule has 0 aromatic carbocycles. The zero-order chi connectivity index (χ0) is 8.48. The van der Waals surface area contributed by atoms with Gasteiger partial charge in [0.25, 0.3) is 0 Å². The van der Waals surface area contributed by atoms with Crippen LogP contribution in [0.15, 0.2) is 0 Å². The fourth-order valence-corrected chi connectivity index (χ4v) is 1.70. The van der Waals surface area contributed by atoms with Crippen LogP contribution >= 0.6 is 0 Å². The van der Waals surface area contributed by atoms with E-state index < -0.39 is 0 Å². The molecule has 66 valence electrons. The molecule has 0 amide bonds. The van der Waals surface area contributed by atoms with Gasteiger partial charge in [-0.1, -0.05) is 0 Å². The van der Waals surface area contributed by atoms with Crippen molar-refractivity contribution in [3.8, 4) is 0 Å². The van der Waals surface area contributed by atoms with Gasteiger partial charge in [-0.15, -0.1) is 0 Å². The van der Waals surface area contributed by atoms with E-state index in [-0.39, 0.29) is 11.6 Å². The lowest BCUT2D eigenvalue weighted by molar-refractivity contribution is 0.177. The number of nitrogens with one attached hydrogen (secondary N) is 1. The van der Waals surface area contributed by atoms with E-state index in [0.29, 0.717) is 6.04 Å². The van der Waals surface area contributed by atoms with Crippen molar-refractivity contribution in [2.24, 2.45) is 0 Å². The van der Waals surface area contributed by atoms with Gasteiger partial charge in [0.15, 0.2) is 0 Å². The Bertz CT molecular complexity index is 128. The molecule has 2 N–H and O–H groups in total. The quantitative estimate of drug-likeness (QED) is 0.601. The van der Waals surface area contributed by atoms with Gasteiger partial charge in [0.1, 0.15) is 0 Å². The van der Waals surface area contributed by atoms with E-state index in [1.54, 1.807) is 0 Å². The number of rotatable bonds is 1. The Morgan fingerprint density at radius 2 is 1.91 bits per heavy atom. The van der Waals surface area contributed by atoms with Crippen LogP contribution in [-0.2, 0) is 0 Å². The lowest BCUT2D eigenvalue weighted by Gasteiger charge is -2.25. The summed E-state index contributed by atoms with van der Waals surface area (Å²) < 4.78 is 0. The van der Waals surface area contributed by atoms with E-state index in [9.17, 15) is 5.11 Å². The van der Waals surface area contributed by atoms with Crippen LogP contribution in [0.3, 0.4) is 0 Å². The van der Waals surface area contributed by atoms with Crippen LogP contribution in [0, 0.1) is 0 Å². The van der Waals surface area contributed by atoms with Crippen LogP contribution < -0.4 is 5.32 Å². The second-order valence-corrected chi connectivity index (χ2v) is 4.56. The third kappa shape index (κ3) is 3.21. The summed E-state index contributed by atoms with van der Waals surface area (Å²) in [5.41, 5.74) is 0.189. The molecule has 0 bridgehead atoms. The molecule has 0 saturated heterocycles. The number of aliphatic hydroxyl groups excluding tert-OH is 1. The number of hydrogen-bond donors (Lipinski definition) is 2. The van der Waals surface area contributed by atoms with Crippen molar-refractivity contribution in [1.29, 1.82) is 0 Å². The summed E-state index contributed by atoms with van der Waals surface area (Å²) >= 11 is 0. The van der Waals surface area contributed by atoms with Crippen molar-refractivity contribution in [1.82, 2.24) is 5.32 Å². The molecule has 1 fully saturated rings. The minimum atomic E-state index is -0.0603. The van der Waals surface area contributed by atoms with E-state index in [1.165, 1.54) is 0 Å². The highest BCUT2D eigenvalue weighted by atomic mass is 16.3. The van der Waals surface area contributed by atoms with Crippen molar-refractivity contribution in [2.75, 3.05) is 0 Å². The lowest BCUT2D eigenvalue weighted by Crippen LogP contribution is -2.42. The van der Waals surface area contributed by atoms with Crippen LogP contribution in [0.5, 0.6) is 0 Å². The van der Waals surface area contributed by atoms with Gasteiger partial charge in [-0.25, -0.2) is 0 Å². The summed E-state index contributed by atoms with van der Waals surface area (Å²) in [4.78, 5) is 0. The summed E-state index contributed by atoms with van der Waals surface area (Å²) in [5.74, 6) is 0. The molecule has 0 unspecified atom stereocenters. The van der Waals surface area contributed by atoms with Crippen molar-refractivity contribution in [3.05, 3.63) is 0 Å². The van der Waals surface area contributed by atoms with Gasteiger partial charge in [0.2, 0.25) is 0 Å². The van der Waals surface area contributed by atoms with Crippen LogP contribution in [-0.4, -0.2) is 22.8 Å². The highest BCUT2D eigenvalue weighted by molar-refractivity contribution is 4.85. The Kier molecular flexibility index (Phi) is 2.55. The average molecular weight is 157 g/mol. The largest absolute Gasteiger partial charge is 0.393 e. The number of hydrogen-bond acceptors (Lipinski definition) is 2. The van der Waals surface area contributed by atoms with Gasteiger partial charge < -0.3 is 10.4 Å². The van der Waals surface area contributed by atoms with E-state index in [4.69, 9.17) is 0 Å². The third-order valence-electron chi connectivity index (χ3n) is 2.04. The van der Waals surface area contributed by atoms with Crippen LogP contribution in [0.1, 0.15) is 40.0 Å². The molecular formula is C9H19NO. The molecule has 1 saturated carbocycles. The van der Waals surface area contributed by atoms with Gasteiger partial charge in [-0.2, -0.15) is 0 Å². The number of aliphatic hydroxyl groups is 1. The molecule has 0 heterocycles. The molecule has 1 aliphatic rings. The molecule has 0 spiro atoms. The van der Waals surface area contributed by atoms with E-state index in [0.717, 1.165) is 19.3 Å². The molecule has 2 nitrogen and oxygen atoms in total. The molecular weight excluding hydrogens is 138 g/mol. The average Bonchev–Trinajstić information content (AvgIpc) is 2.10. The van der Waals surface area contributed by atoms with Gasteiger partial charge >= 0.3 is 0 Å². The summed E-state index contributed by atoms with van der Waals surface area (Å²) in [6.45, 7) is 6.49.